The second-order valence-corrected chi connectivity index (χ2v) is 4.66. The third-order valence-corrected chi connectivity index (χ3v) is 3.23. The van der Waals surface area contributed by atoms with Crippen LogP contribution in [0.5, 0.6) is 17.2 Å². The lowest BCUT2D eigenvalue weighted by Crippen LogP contribution is -2.01. The van der Waals surface area contributed by atoms with E-state index >= 15 is 0 Å². The number of aromatic hydroxyl groups is 1. The summed E-state index contributed by atoms with van der Waals surface area (Å²) in [6.45, 7) is 0. The van der Waals surface area contributed by atoms with E-state index in [4.69, 9.17) is 9.47 Å². The lowest BCUT2D eigenvalue weighted by atomic mass is 10.0. The van der Waals surface area contributed by atoms with Crippen molar-refractivity contribution in [3.05, 3.63) is 59.2 Å². The highest BCUT2D eigenvalue weighted by Gasteiger charge is 2.13. The molecule has 0 radical (unpaired) electrons. The van der Waals surface area contributed by atoms with Gasteiger partial charge in [0.05, 0.1) is 14.2 Å². The molecule has 0 fully saturated rings. The van der Waals surface area contributed by atoms with Crippen molar-refractivity contribution in [2.45, 2.75) is 0 Å². The minimum atomic E-state index is -0.398. The zero-order valence-electron chi connectivity index (χ0n) is 12.7. The van der Waals surface area contributed by atoms with Gasteiger partial charge in [0, 0.05) is 5.56 Å². The maximum Gasteiger partial charge on any atom is 0.203 e. The Kier molecular flexibility index (Phi) is 5.00. The SMILES string of the molecule is COc1ccc(C(=O)C(C#N)=Cc2ccc(OC)c(O)c2)cc1. The number of hydrogen-bond acceptors (Lipinski definition) is 5. The molecule has 116 valence electrons. The minimum Gasteiger partial charge on any atom is -0.504 e. The molecule has 1 N–H and O–H groups in total. The van der Waals surface area contributed by atoms with Crippen LogP contribution in [0.15, 0.2) is 48.0 Å². The van der Waals surface area contributed by atoms with Crippen molar-refractivity contribution in [2.24, 2.45) is 0 Å². The van der Waals surface area contributed by atoms with Crippen molar-refractivity contribution in [3.63, 3.8) is 0 Å². The van der Waals surface area contributed by atoms with E-state index in [0.717, 1.165) is 0 Å². The molecule has 0 spiro atoms. The van der Waals surface area contributed by atoms with Crippen LogP contribution in [0.25, 0.3) is 6.08 Å². The topological polar surface area (TPSA) is 79.6 Å². The smallest absolute Gasteiger partial charge is 0.203 e. The number of benzene rings is 2. The molecule has 23 heavy (non-hydrogen) atoms. The fourth-order valence-corrected chi connectivity index (χ4v) is 2.01. The van der Waals surface area contributed by atoms with Crippen LogP contribution in [0.4, 0.5) is 0 Å². The molecule has 0 aromatic heterocycles. The van der Waals surface area contributed by atoms with E-state index in [2.05, 4.69) is 0 Å². The van der Waals surface area contributed by atoms with Crippen LogP contribution in [0.3, 0.4) is 0 Å². The van der Waals surface area contributed by atoms with E-state index in [1.807, 2.05) is 6.07 Å². The highest BCUT2D eigenvalue weighted by atomic mass is 16.5. The Morgan fingerprint density at radius 1 is 1.13 bits per heavy atom. The number of ketones is 1. The number of nitrogens with zero attached hydrogens (tertiary/aromatic N) is 1. The third kappa shape index (κ3) is 3.69. The zero-order chi connectivity index (χ0) is 16.8. The van der Waals surface area contributed by atoms with Gasteiger partial charge in [-0.15, -0.1) is 0 Å². The van der Waals surface area contributed by atoms with Crippen LogP contribution in [0, 0.1) is 11.3 Å². The second-order valence-electron chi connectivity index (χ2n) is 4.66. The van der Waals surface area contributed by atoms with Gasteiger partial charge in [0.2, 0.25) is 5.78 Å². The van der Waals surface area contributed by atoms with Gasteiger partial charge >= 0.3 is 0 Å². The summed E-state index contributed by atoms with van der Waals surface area (Å²) in [5, 5.41) is 19.0. The van der Waals surface area contributed by atoms with Crippen molar-refractivity contribution < 1.29 is 19.4 Å². The van der Waals surface area contributed by atoms with E-state index in [0.29, 0.717) is 22.6 Å². The number of hydrogen-bond donors (Lipinski definition) is 1. The van der Waals surface area contributed by atoms with E-state index in [-0.39, 0.29) is 11.3 Å². The summed E-state index contributed by atoms with van der Waals surface area (Å²) in [7, 11) is 2.98. The molecule has 0 amide bonds. The van der Waals surface area contributed by atoms with Crippen molar-refractivity contribution in [1.29, 1.82) is 5.26 Å². The number of allylic oxidation sites excluding steroid dienone is 1. The number of ether oxygens (including phenoxy) is 2. The average Bonchev–Trinajstić information content (AvgIpc) is 2.59. The van der Waals surface area contributed by atoms with E-state index in [1.165, 1.54) is 26.4 Å². The second kappa shape index (κ2) is 7.14. The first-order valence-electron chi connectivity index (χ1n) is 6.76. The van der Waals surface area contributed by atoms with Gasteiger partial charge in [-0.2, -0.15) is 5.26 Å². The molecule has 2 aromatic carbocycles. The largest absolute Gasteiger partial charge is 0.504 e. The summed E-state index contributed by atoms with van der Waals surface area (Å²) in [5.41, 5.74) is 0.887. The molecule has 0 unspecified atom stereocenters. The Bertz CT molecular complexity index is 786. The highest BCUT2D eigenvalue weighted by Crippen LogP contribution is 2.27. The monoisotopic (exact) mass is 309 g/mol. The molecule has 5 nitrogen and oxygen atoms in total. The van der Waals surface area contributed by atoms with E-state index in [1.54, 1.807) is 36.4 Å². The molecule has 0 bridgehead atoms. The van der Waals surface area contributed by atoms with Crippen LogP contribution in [-0.2, 0) is 0 Å². The fourth-order valence-electron chi connectivity index (χ4n) is 2.01. The molecule has 2 aromatic rings. The van der Waals surface area contributed by atoms with Crippen molar-refractivity contribution >= 4 is 11.9 Å². The molecule has 0 heterocycles. The summed E-state index contributed by atoms with van der Waals surface area (Å²) in [6.07, 6.45) is 1.42. The molecule has 0 aliphatic carbocycles. The number of rotatable bonds is 5. The molecule has 5 heteroatoms. The van der Waals surface area contributed by atoms with Gasteiger partial charge in [0.25, 0.3) is 0 Å². The fraction of sp³-hybridized carbons (Fsp3) is 0.111. The summed E-state index contributed by atoms with van der Waals surface area (Å²) < 4.78 is 9.99. The quantitative estimate of drug-likeness (QED) is 0.521. The number of Topliss-reactive ketones (excluding diaryl/α,β-unsaturated/α-hetero) is 1. The summed E-state index contributed by atoms with van der Waals surface area (Å²) in [6, 6.07) is 13.0. The number of carbonyl (C=O) groups is 1. The summed E-state index contributed by atoms with van der Waals surface area (Å²) in [4.78, 5) is 12.4. The molecule has 0 aliphatic rings. The summed E-state index contributed by atoms with van der Waals surface area (Å²) in [5.74, 6) is 0.493. The number of nitriles is 1. The first kappa shape index (κ1) is 16.1. The molecule has 2 rings (SSSR count). The maximum atomic E-state index is 12.4. The molecular weight excluding hydrogens is 294 g/mol. The standard InChI is InChI=1S/C18H15NO4/c1-22-15-6-4-13(5-7-15)18(21)14(11-19)9-12-3-8-17(23-2)16(20)10-12/h3-10,20H,1-2H3. The van der Waals surface area contributed by atoms with Gasteiger partial charge in [0.15, 0.2) is 11.5 Å². The number of phenols is 1. The van der Waals surface area contributed by atoms with Crippen molar-refractivity contribution in [1.82, 2.24) is 0 Å². The van der Waals surface area contributed by atoms with Crippen LogP contribution < -0.4 is 9.47 Å². The predicted molar refractivity (Wildman–Crippen MR) is 85.6 cm³/mol. The lowest BCUT2D eigenvalue weighted by Gasteiger charge is -2.05. The van der Waals surface area contributed by atoms with Gasteiger partial charge in [-0.1, -0.05) is 6.07 Å². The first-order valence-corrected chi connectivity index (χ1v) is 6.76. The van der Waals surface area contributed by atoms with E-state index < -0.39 is 5.78 Å². The van der Waals surface area contributed by atoms with Gasteiger partial charge < -0.3 is 14.6 Å². The van der Waals surface area contributed by atoms with E-state index in [9.17, 15) is 15.2 Å². The van der Waals surface area contributed by atoms with Gasteiger partial charge in [-0.3, -0.25) is 4.79 Å². The summed E-state index contributed by atoms with van der Waals surface area (Å²) >= 11 is 0. The number of carbonyl (C=O) groups excluding carboxylic acids is 1. The third-order valence-electron chi connectivity index (χ3n) is 3.23. The molecule has 0 aliphatic heterocycles. The highest BCUT2D eigenvalue weighted by molar-refractivity contribution is 6.14. The van der Waals surface area contributed by atoms with Crippen LogP contribution in [0.1, 0.15) is 15.9 Å². The van der Waals surface area contributed by atoms with Gasteiger partial charge in [-0.05, 0) is 48.0 Å². The Hall–Kier alpha value is -3.26. The van der Waals surface area contributed by atoms with Gasteiger partial charge in [0.1, 0.15) is 17.4 Å². The predicted octanol–water partition coefficient (Wildman–Crippen LogP) is 3.20. The first-order chi connectivity index (χ1) is 11.1. The van der Waals surface area contributed by atoms with Crippen molar-refractivity contribution in [3.8, 4) is 23.3 Å². The number of methoxy groups -OCH3 is 2. The maximum absolute atomic E-state index is 12.4. The van der Waals surface area contributed by atoms with Crippen LogP contribution in [-0.4, -0.2) is 25.1 Å². The Labute approximate surface area is 134 Å². The number of phenolic OH excluding ortho intramolecular Hbond substituents is 1. The van der Waals surface area contributed by atoms with Crippen molar-refractivity contribution in [2.75, 3.05) is 14.2 Å². The average molecular weight is 309 g/mol. The minimum absolute atomic E-state index is 0.0280. The Morgan fingerprint density at radius 3 is 2.35 bits per heavy atom. The van der Waals surface area contributed by atoms with Crippen LogP contribution >= 0.6 is 0 Å². The Morgan fingerprint density at radius 2 is 1.83 bits per heavy atom. The van der Waals surface area contributed by atoms with Gasteiger partial charge in [-0.25, -0.2) is 0 Å². The molecule has 0 atom stereocenters. The molecule has 0 saturated heterocycles. The normalized spacial score (nSPS) is 10.7. The lowest BCUT2D eigenvalue weighted by molar-refractivity contribution is 0.104. The van der Waals surface area contributed by atoms with Crippen LogP contribution in [0.2, 0.25) is 0 Å². The molecular formula is C18H15NO4. The Balaban J connectivity index is 2.32. The molecule has 0 saturated carbocycles. The zero-order valence-corrected chi connectivity index (χ0v) is 12.7.